The summed E-state index contributed by atoms with van der Waals surface area (Å²) < 4.78 is 1.66. The topological polar surface area (TPSA) is 0 Å². The van der Waals surface area contributed by atoms with Crippen molar-refractivity contribution in [2.75, 3.05) is 5.88 Å². The molecule has 0 bridgehead atoms. The second-order valence-corrected chi connectivity index (χ2v) is 18.6. The van der Waals surface area contributed by atoms with Crippen molar-refractivity contribution in [1.29, 1.82) is 0 Å². The van der Waals surface area contributed by atoms with Gasteiger partial charge >= 0.3 is 73.7 Å². The fourth-order valence-electron chi connectivity index (χ4n) is 1.05. The van der Waals surface area contributed by atoms with Crippen LogP contribution in [0.25, 0.3) is 0 Å². The second kappa shape index (κ2) is 4.66. The van der Waals surface area contributed by atoms with Crippen LogP contribution in [0.5, 0.6) is 0 Å². The predicted octanol–water partition coefficient (Wildman–Crippen LogP) is 3.44. The number of alkyl halides is 1. The summed E-state index contributed by atoms with van der Waals surface area (Å²) in [6.07, 6.45) is 3.37. The Hall–Kier alpha value is 0.829. The molecule has 60 valence electrons. The van der Waals surface area contributed by atoms with E-state index in [1.54, 1.807) is 3.59 Å². The van der Waals surface area contributed by atoms with Gasteiger partial charge in [-0.05, 0) is 0 Å². The van der Waals surface area contributed by atoms with E-state index in [0.29, 0.717) is 0 Å². The van der Waals surface area contributed by atoms with E-state index in [1.165, 1.54) is 0 Å². The first-order valence-electron chi connectivity index (χ1n) is 3.74. The molecule has 0 spiro atoms. The fraction of sp³-hybridized carbons (Fsp3) is 0.750. The molecule has 0 atom stereocenters. The van der Waals surface area contributed by atoms with Gasteiger partial charge in [-0.3, -0.25) is 0 Å². The van der Waals surface area contributed by atoms with E-state index < -0.39 is 18.4 Å². The molecule has 0 heterocycles. The van der Waals surface area contributed by atoms with Gasteiger partial charge in [-0.2, -0.15) is 0 Å². The van der Waals surface area contributed by atoms with Crippen molar-refractivity contribution in [3.8, 4) is 0 Å². The Labute approximate surface area is 73.5 Å². The molecule has 0 aliphatic rings. The molecule has 0 amide bonds. The third-order valence-electron chi connectivity index (χ3n) is 1.68. The quantitative estimate of drug-likeness (QED) is 0.543. The Bertz CT molecular complexity index is 122. The third kappa shape index (κ3) is 3.87. The fourth-order valence-corrected chi connectivity index (χ4v) is 6.68. The molecule has 0 unspecified atom stereocenters. The maximum absolute atomic E-state index is 5.67. The molecule has 10 heavy (non-hydrogen) atoms. The maximum atomic E-state index is 5.67. The Morgan fingerprint density at radius 3 is 2.00 bits per heavy atom. The molecule has 0 saturated heterocycles. The molecule has 0 saturated carbocycles. The summed E-state index contributed by atoms with van der Waals surface area (Å²) in [5, 5.41) is 0. The molecule has 0 fully saturated rings. The molecule has 0 aliphatic carbocycles. The average molecular weight is 267 g/mol. The zero-order chi connectivity index (χ0) is 8.20. The summed E-state index contributed by atoms with van der Waals surface area (Å²) in [6, 6.07) is 0. The van der Waals surface area contributed by atoms with E-state index in [1.807, 2.05) is 0 Å². The molecule has 0 aliphatic heterocycles. The molecule has 0 aromatic heterocycles. The van der Waals surface area contributed by atoms with Crippen molar-refractivity contribution in [2.45, 2.75) is 28.2 Å². The van der Waals surface area contributed by atoms with Crippen molar-refractivity contribution < 1.29 is 0 Å². The van der Waals surface area contributed by atoms with Crippen LogP contribution in [-0.4, -0.2) is 24.3 Å². The summed E-state index contributed by atoms with van der Waals surface area (Å²) in [5.41, 5.74) is 0. The zero-order valence-corrected chi connectivity index (χ0v) is 11.0. The van der Waals surface area contributed by atoms with E-state index >= 15 is 0 Å². The molecule has 0 radical (unpaired) electrons. The first-order chi connectivity index (χ1) is 4.52. The van der Waals surface area contributed by atoms with Gasteiger partial charge in [0.25, 0.3) is 0 Å². The molecule has 0 aromatic carbocycles. The number of hydrogen-bond donors (Lipinski definition) is 0. The Morgan fingerprint density at radius 1 is 1.40 bits per heavy atom. The Morgan fingerprint density at radius 2 is 1.90 bits per heavy atom. The van der Waals surface area contributed by atoms with Gasteiger partial charge in [0.05, 0.1) is 0 Å². The number of rotatable bonds is 3. The molecule has 0 aromatic rings. The first-order valence-corrected chi connectivity index (χ1v) is 14.3. The molecular weight excluding hydrogens is 250 g/mol. The van der Waals surface area contributed by atoms with Crippen LogP contribution in [0.4, 0.5) is 0 Å². The van der Waals surface area contributed by atoms with Gasteiger partial charge in [0.15, 0.2) is 0 Å². The summed E-state index contributed by atoms with van der Waals surface area (Å²) >= 11 is 3.96. The van der Waals surface area contributed by atoms with Crippen LogP contribution in [0.2, 0.25) is 14.8 Å². The third-order valence-corrected chi connectivity index (χ3v) is 8.90. The first kappa shape index (κ1) is 10.8. The molecular formula is C8H17ClSn. The van der Waals surface area contributed by atoms with Crippen LogP contribution < -0.4 is 0 Å². The van der Waals surface area contributed by atoms with E-state index in [4.69, 9.17) is 11.6 Å². The zero-order valence-electron chi connectivity index (χ0n) is 7.37. The SMILES string of the molecule is C/C=[C](/CCCl)[Sn]([CH3])([CH3])[CH3]. The van der Waals surface area contributed by atoms with Crippen molar-refractivity contribution >= 4 is 30.0 Å². The minimum atomic E-state index is -1.71. The number of allylic oxidation sites excluding steroid dienone is 2. The van der Waals surface area contributed by atoms with Crippen LogP contribution in [0.3, 0.4) is 0 Å². The van der Waals surface area contributed by atoms with Gasteiger partial charge in [-0.15, -0.1) is 0 Å². The summed E-state index contributed by atoms with van der Waals surface area (Å²) in [4.78, 5) is 7.28. The summed E-state index contributed by atoms with van der Waals surface area (Å²) in [6.45, 7) is 2.13. The second-order valence-electron chi connectivity index (χ2n) is 3.50. The van der Waals surface area contributed by atoms with Gasteiger partial charge in [-0.25, -0.2) is 0 Å². The normalized spacial score (nSPS) is 13.9. The van der Waals surface area contributed by atoms with E-state index in [2.05, 4.69) is 27.8 Å². The van der Waals surface area contributed by atoms with Crippen molar-refractivity contribution in [2.24, 2.45) is 0 Å². The predicted molar refractivity (Wildman–Crippen MR) is 52.4 cm³/mol. The van der Waals surface area contributed by atoms with E-state index in [9.17, 15) is 0 Å². The molecule has 0 N–H and O–H groups in total. The van der Waals surface area contributed by atoms with Gasteiger partial charge in [-0.1, -0.05) is 0 Å². The van der Waals surface area contributed by atoms with E-state index in [0.717, 1.165) is 12.3 Å². The average Bonchev–Trinajstić information content (AvgIpc) is 1.80. The van der Waals surface area contributed by atoms with Crippen molar-refractivity contribution in [3.63, 3.8) is 0 Å². The molecule has 0 nitrogen and oxygen atoms in total. The monoisotopic (exact) mass is 268 g/mol. The van der Waals surface area contributed by atoms with Gasteiger partial charge in [0.1, 0.15) is 0 Å². The minimum absolute atomic E-state index is 0.786. The van der Waals surface area contributed by atoms with Crippen LogP contribution >= 0.6 is 11.6 Å². The molecule has 2 heteroatoms. The summed E-state index contributed by atoms with van der Waals surface area (Å²) in [7, 11) is 0. The number of halogens is 1. The van der Waals surface area contributed by atoms with Crippen molar-refractivity contribution in [1.82, 2.24) is 0 Å². The van der Waals surface area contributed by atoms with E-state index in [-0.39, 0.29) is 0 Å². The van der Waals surface area contributed by atoms with Crippen LogP contribution in [0.1, 0.15) is 13.3 Å². The van der Waals surface area contributed by atoms with Gasteiger partial charge in [0.2, 0.25) is 0 Å². The van der Waals surface area contributed by atoms with Crippen LogP contribution in [0.15, 0.2) is 9.67 Å². The van der Waals surface area contributed by atoms with Crippen LogP contribution in [-0.2, 0) is 0 Å². The number of hydrogen-bond acceptors (Lipinski definition) is 0. The van der Waals surface area contributed by atoms with Gasteiger partial charge < -0.3 is 0 Å². The van der Waals surface area contributed by atoms with Crippen molar-refractivity contribution in [3.05, 3.63) is 9.67 Å². The standard InChI is InChI=1S/C5H8Cl.3CH3.Sn/c1-2-3-4-5-6;;;;/h2H,4-5H2,1H3;3*1H3;. The van der Waals surface area contributed by atoms with Crippen LogP contribution in [0, 0.1) is 0 Å². The Balaban J connectivity index is 4.10. The summed E-state index contributed by atoms with van der Waals surface area (Å²) in [5.74, 6) is 0.786. The molecule has 0 rings (SSSR count). The Kier molecular flexibility index (Phi) is 5.04. The van der Waals surface area contributed by atoms with Gasteiger partial charge in [0, 0.05) is 0 Å².